The summed E-state index contributed by atoms with van der Waals surface area (Å²) in [6.07, 6.45) is 4.36. The highest BCUT2D eigenvalue weighted by molar-refractivity contribution is 5.89. The Morgan fingerprint density at radius 2 is 2.29 bits per heavy atom. The molecule has 0 amide bonds. The van der Waals surface area contributed by atoms with Crippen molar-refractivity contribution in [3.05, 3.63) is 0 Å². The number of carboxylic acid groups (broad SMARTS) is 1. The number of aliphatic carboxylic acids is 1. The molecule has 1 aliphatic rings. The summed E-state index contributed by atoms with van der Waals surface area (Å²) in [6, 6.07) is 0. The molecule has 0 aliphatic heterocycles. The maximum atomic E-state index is 10.2. The molecule has 0 atom stereocenters. The van der Waals surface area contributed by atoms with E-state index < -0.39 is 5.97 Å². The number of hydrogen-bond donors (Lipinski definition) is 1. The van der Waals surface area contributed by atoms with E-state index in [-0.39, 0.29) is 12.0 Å². The molecule has 0 aromatic carbocycles. The zero-order valence-electron chi connectivity index (χ0n) is 8.75. The van der Waals surface area contributed by atoms with Crippen molar-refractivity contribution >= 4 is 11.7 Å². The summed E-state index contributed by atoms with van der Waals surface area (Å²) >= 11 is 0. The largest absolute Gasteiger partial charge is 0.479 e. The van der Waals surface area contributed by atoms with Gasteiger partial charge in [0.15, 0.2) is 0 Å². The Hall–Kier alpha value is -1.06. The molecular formula is C10H17NO3. The molecule has 4 nitrogen and oxygen atoms in total. The molecule has 0 aromatic rings. The van der Waals surface area contributed by atoms with Crippen molar-refractivity contribution in [3.63, 3.8) is 0 Å². The van der Waals surface area contributed by atoms with Crippen molar-refractivity contribution in [1.29, 1.82) is 0 Å². The maximum Gasteiger partial charge on any atom is 0.344 e. The molecule has 0 aromatic heterocycles. The predicted molar refractivity (Wildman–Crippen MR) is 53.3 cm³/mol. The molecule has 0 saturated heterocycles. The third kappa shape index (κ3) is 3.01. The topological polar surface area (TPSA) is 58.9 Å². The van der Waals surface area contributed by atoms with Gasteiger partial charge in [0.05, 0.1) is 5.71 Å². The van der Waals surface area contributed by atoms with Gasteiger partial charge in [-0.1, -0.05) is 25.4 Å². The van der Waals surface area contributed by atoms with E-state index in [0.717, 1.165) is 25.0 Å². The van der Waals surface area contributed by atoms with Gasteiger partial charge >= 0.3 is 5.97 Å². The van der Waals surface area contributed by atoms with Gasteiger partial charge in [-0.05, 0) is 19.3 Å². The van der Waals surface area contributed by atoms with Crippen molar-refractivity contribution in [1.82, 2.24) is 0 Å². The number of carbonyl (C=O) groups is 1. The van der Waals surface area contributed by atoms with Crippen LogP contribution in [0.25, 0.3) is 0 Å². The highest BCUT2D eigenvalue weighted by Crippen LogP contribution is 2.32. The molecule has 1 N–H and O–H groups in total. The lowest BCUT2D eigenvalue weighted by Crippen LogP contribution is -2.28. The van der Waals surface area contributed by atoms with Gasteiger partial charge in [-0.3, -0.25) is 0 Å². The number of oxime groups is 1. The molecule has 1 saturated carbocycles. The van der Waals surface area contributed by atoms with Gasteiger partial charge in [-0.2, -0.15) is 0 Å². The highest BCUT2D eigenvalue weighted by atomic mass is 16.6. The van der Waals surface area contributed by atoms with Crippen LogP contribution in [0.15, 0.2) is 5.16 Å². The van der Waals surface area contributed by atoms with Gasteiger partial charge in [-0.15, -0.1) is 0 Å². The van der Waals surface area contributed by atoms with Gasteiger partial charge in [0.2, 0.25) is 6.61 Å². The second-order valence-corrected chi connectivity index (χ2v) is 4.30. The Morgan fingerprint density at radius 1 is 1.57 bits per heavy atom. The molecule has 1 fully saturated rings. The first-order chi connectivity index (χ1) is 6.52. The molecule has 1 aliphatic carbocycles. The van der Waals surface area contributed by atoms with Crippen molar-refractivity contribution < 1.29 is 14.7 Å². The second kappa shape index (κ2) is 4.44. The Labute approximate surface area is 83.9 Å². The summed E-state index contributed by atoms with van der Waals surface area (Å²) in [4.78, 5) is 15.0. The van der Waals surface area contributed by atoms with Crippen LogP contribution < -0.4 is 0 Å². The average Bonchev–Trinajstić information content (AvgIpc) is 2.07. The van der Waals surface area contributed by atoms with Crippen LogP contribution in [-0.2, 0) is 9.63 Å². The van der Waals surface area contributed by atoms with E-state index in [9.17, 15) is 4.79 Å². The van der Waals surface area contributed by atoms with Crippen molar-refractivity contribution in [2.75, 3.05) is 6.61 Å². The molecular weight excluding hydrogens is 182 g/mol. The Kier molecular flexibility index (Phi) is 3.49. The number of carboxylic acids is 1. The van der Waals surface area contributed by atoms with Crippen LogP contribution >= 0.6 is 0 Å². The minimum atomic E-state index is -0.983. The summed E-state index contributed by atoms with van der Waals surface area (Å²) in [5.41, 5.74) is 1.06. The van der Waals surface area contributed by atoms with Gasteiger partial charge in [0, 0.05) is 5.41 Å². The zero-order valence-corrected chi connectivity index (χ0v) is 8.75. The first-order valence-corrected chi connectivity index (χ1v) is 4.93. The highest BCUT2D eigenvalue weighted by Gasteiger charge is 2.28. The summed E-state index contributed by atoms with van der Waals surface area (Å²) in [5.74, 6) is -0.983. The predicted octanol–water partition coefficient (Wildman–Crippen LogP) is 2.04. The standard InChI is InChI=1S/C10H17NO3/c1-10(2)6-4-3-5-8(10)11-14-7-9(12)13/h3-7H2,1-2H3,(H,12,13). The molecule has 0 spiro atoms. The monoisotopic (exact) mass is 199 g/mol. The van der Waals surface area contributed by atoms with Gasteiger partial charge in [0.25, 0.3) is 0 Å². The zero-order chi connectivity index (χ0) is 10.6. The number of hydrogen-bond acceptors (Lipinski definition) is 3. The normalized spacial score (nSPS) is 23.4. The van der Waals surface area contributed by atoms with E-state index in [2.05, 4.69) is 19.0 Å². The van der Waals surface area contributed by atoms with Crippen LogP contribution in [0.1, 0.15) is 39.5 Å². The van der Waals surface area contributed by atoms with Crippen molar-refractivity contribution in [2.24, 2.45) is 10.6 Å². The minimum absolute atomic E-state index is 0.0662. The third-order valence-electron chi connectivity index (χ3n) is 2.61. The maximum absolute atomic E-state index is 10.2. The van der Waals surface area contributed by atoms with Crippen LogP contribution in [0.2, 0.25) is 0 Å². The molecule has 80 valence electrons. The first-order valence-electron chi connectivity index (χ1n) is 4.93. The van der Waals surface area contributed by atoms with E-state index >= 15 is 0 Å². The van der Waals surface area contributed by atoms with E-state index in [4.69, 9.17) is 9.94 Å². The fourth-order valence-corrected chi connectivity index (χ4v) is 1.68. The smallest absolute Gasteiger partial charge is 0.344 e. The molecule has 14 heavy (non-hydrogen) atoms. The van der Waals surface area contributed by atoms with Crippen LogP contribution in [0.5, 0.6) is 0 Å². The summed E-state index contributed by atoms with van der Waals surface area (Å²) in [5, 5.41) is 12.3. The van der Waals surface area contributed by atoms with Crippen molar-refractivity contribution in [3.8, 4) is 0 Å². The van der Waals surface area contributed by atoms with Gasteiger partial charge in [-0.25, -0.2) is 4.79 Å². The van der Waals surface area contributed by atoms with Crippen molar-refractivity contribution in [2.45, 2.75) is 39.5 Å². The van der Waals surface area contributed by atoms with Crippen LogP contribution in [0, 0.1) is 5.41 Å². The molecule has 0 unspecified atom stereocenters. The molecule has 0 bridgehead atoms. The van der Waals surface area contributed by atoms with E-state index in [0.29, 0.717) is 0 Å². The Balaban J connectivity index is 2.51. The molecule has 0 radical (unpaired) electrons. The molecule has 1 rings (SSSR count). The van der Waals surface area contributed by atoms with E-state index in [1.807, 2.05) is 0 Å². The third-order valence-corrected chi connectivity index (χ3v) is 2.61. The number of nitrogens with zero attached hydrogens (tertiary/aromatic N) is 1. The SMILES string of the molecule is CC1(C)CCCCC1=NOCC(=O)O. The summed E-state index contributed by atoms with van der Waals surface area (Å²) in [7, 11) is 0. The van der Waals surface area contributed by atoms with Gasteiger partial charge < -0.3 is 9.94 Å². The minimum Gasteiger partial charge on any atom is -0.479 e. The molecule has 0 heterocycles. The Bertz CT molecular complexity index is 246. The number of rotatable bonds is 3. The van der Waals surface area contributed by atoms with Crippen LogP contribution in [-0.4, -0.2) is 23.4 Å². The fourth-order valence-electron chi connectivity index (χ4n) is 1.68. The first kappa shape index (κ1) is 11.0. The molecule has 4 heteroatoms. The lowest BCUT2D eigenvalue weighted by molar-refractivity contribution is -0.142. The van der Waals surface area contributed by atoms with E-state index in [1.54, 1.807) is 0 Å². The average molecular weight is 199 g/mol. The van der Waals surface area contributed by atoms with Crippen LogP contribution in [0.3, 0.4) is 0 Å². The lowest BCUT2D eigenvalue weighted by Gasteiger charge is -2.30. The summed E-state index contributed by atoms with van der Waals surface area (Å²) < 4.78 is 0. The fraction of sp³-hybridized carbons (Fsp3) is 0.800. The quantitative estimate of drug-likeness (QED) is 0.707. The Morgan fingerprint density at radius 3 is 2.86 bits per heavy atom. The van der Waals surface area contributed by atoms with E-state index in [1.165, 1.54) is 6.42 Å². The summed E-state index contributed by atoms with van der Waals surface area (Å²) in [6.45, 7) is 3.89. The second-order valence-electron chi connectivity index (χ2n) is 4.30. The van der Waals surface area contributed by atoms with Crippen LogP contribution in [0.4, 0.5) is 0 Å². The lowest BCUT2D eigenvalue weighted by atomic mass is 9.76. The van der Waals surface area contributed by atoms with Gasteiger partial charge in [0.1, 0.15) is 0 Å².